The van der Waals surface area contributed by atoms with Crippen molar-refractivity contribution in [2.45, 2.75) is 45.2 Å². The van der Waals surface area contributed by atoms with Gasteiger partial charge in [0.25, 0.3) is 0 Å². The van der Waals surface area contributed by atoms with Crippen LogP contribution in [-0.2, 0) is 11.3 Å². The first-order chi connectivity index (χ1) is 10.3. The number of anilines is 1. The fourth-order valence-electron chi connectivity index (χ4n) is 3.28. The molecule has 1 aliphatic heterocycles. The van der Waals surface area contributed by atoms with Crippen molar-refractivity contribution in [3.05, 3.63) is 29.3 Å². The van der Waals surface area contributed by atoms with E-state index in [1.807, 2.05) is 7.11 Å². The number of nitrogens with one attached hydrogen (secondary N) is 1. The van der Waals surface area contributed by atoms with Crippen molar-refractivity contribution in [1.82, 2.24) is 5.32 Å². The minimum Gasteiger partial charge on any atom is -0.384 e. The van der Waals surface area contributed by atoms with Crippen molar-refractivity contribution in [3.8, 4) is 0 Å². The second kappa shape index (κ2) is 6.80. The molecule has 0 radical (unpaired) electrons. The van der Waals surface area contributed by atoms with Crippen LogP contribution in [0.25, 0.3) is 0 Å². The Morgan fingerprint density at radius 3 is 2.62 bits per heavy atom. The topological polar surface area (TPSA) is 24.5 Å². The van der Waals surface area contributed by atoms with Crippen LogP contribution < -0.4 is 10.2 Å². The van der Waals surface area contributed by atoms with Crippen LogP contribution in [0.2, 0.25) is 0 Å². The number of ether oxygens (including phenoxy) is 1. The summed E-state index contributed by atoms with van der Waals surface area (Å²) in [5.74, 6) is 0.740. The van der Waals surface area contributed by atoms with Gasteiger partial charge in [-0.15, -0.1) is 0 Å². The average Bonchev–Trinajstić information content (AvgIpc) is 3.31. The summed E-state index contributed by atoms with van der Waals surface area (Å²) in [4.78, 5) is 2.56. The first-order valence-corrected chi connectivity index (χ1v) is 8.33. The fourth-order valence-corrected chi connectivity index (χ4v) is 3.28. The number of piperidine rings is 1. The summed E-state index contributed by atoms with van der Waals surface area (Å²) in [5.41, 5.74) is 4.26. The monoisotopic (exact) mass is 288 g/mol. The summed E-state index contributed by atoms with van der Waals surface area (Å²) in [7, 11) is 1.81. The SMILES string of the molecule is COCC1CCN(c2ccc(C)cc2CNC2CC2)CC1. The number of methoxy groups -OCH3 is 1. The third-order valence-corrected chi connectivity index (χ3v) is 4.75. The van der Waals surface area contributed by atoms with Crippen LogP contribution in [0.1, 0.15) is 36.8 Å². The van der Waals surface area contributed by atoms with Crippen molar-refractivity contribution in [3.63, 3.8) is 0 Å². The number of hydrogen-bond acceptors (Lipinski definition) is 3. The molecule has 0 aromatic heterocycles. The second-order valence-corrected chi connectivity index (χ2v) is 6.67. The zero-order valence-electron chi connectivity index (χ0n) is 13.4. The Morgan fingerprint density at radius 2 is 1.95 bits per heavy atom. The van der Waals surface area contributed by atoms with Crippen molar-refractivity contribution in [1.29, 1.82) is 0 Å². The molecule has 3 nitrogen and oxygen atoms in total. The van der Waals surface area contributed by atoms with E-state index in [0.29, 0.717) is 0 Å². The van der Waals surface area contributed by atoms with Gasteiger partial charge in [-0.25, -0.2) is 0 Å². The molecule has 1 saturated heterocycles. The Bertz CT molecular complexity index is 462. The van der Waals surface area contributed by atoms with Crippen LogP contribution in [0.3, 0.4) is 0 Å². The molecule has 0 spiro atoms. The molecule has 0 atom stereocenters. The standard InChI is InChI=1S/C18H28N2O/c1-14-3-6-18(16(11-14)12-19-17-4-5-17)20-9-7-15(8-10-20)13-21-2/h3,6,11,15,17,19H,4-5,7-10,12-13H2,1-2H3. The molecule has 1 aromatic carbocycles. The summed E-state index contributed by atoms with van der Waals surface area (Å²) in [6, 6.07) is 7.68. The van der Waals surface area contributed by atoms with Gasteiger partial charge < -0.3 is 15.0 Å². The molecule has 3 rings (SSSR count). The van der Waals surface area contributed by atoms with E-state index in [1.165, 1.54) is 42.5 Å². The zero-order chi connectivity index (χ0) is 14.7. The number of rotatable bonds is 6. The molecule has 1 saturated carbocycles. The van der Waals surface area contributed by atoms with Gasteiger partial charge in [-0.1, -0.05) is 17.7 Å². The lowest BCUT2D eigenvalue weighted by molar-refractivity contribution is 0.139. The highest BCUT2D eigenvalue weighted by Gasteiger charge is 2.23. The third-order valence-electron chi connectivity index (χ3n) is 4.75. The van der Waals surface area contributed by atoms with Gasteiger partial charge in [-0.2, -0.15) is 0 Å². The Balaban J connectivity index is 1.66. The normalized spacial score (nSPS) is 20.0. The molecule has 3 heteroatoms. The van der Waals surface area contributed by atoms with Crippen LogP contribution in [0, 0.1) is 12.8 Å². The minimum atomic E-state index is 0.740. The van der Waals surface area contributed by atoms with Crippen LogP contribution >= 0.6 is 0 Å². The molecule has 0 bridgehead atoms. The van der Waals surface area contributed by atoms with E-state index in [9.17, 15) is 0 Å². The molecule has 1 heterocycles. The van der Waals surface area contributed by atoms with Gasteiger partial charge in [0.1, 0.15) is 0 Å². The number of nitrogens with zero attached hydrogens (tertiary/aromatic N) is 1. The number of hydrogen-bond donors (Lipinski definition) is 1. The fraction of sp³-hybridized carbons (Fsp3) is 0.667. The van der Waals surface area contributed by atoms with E-state index < -0.39 is 0 Å². The Labute approximate surface area is 128 Å². The Kier molecular flexibility index (Phi) is 4.81. The van der Waals surface area contributed by atoms with Gasteiger partial charge in [-0.05, 0) is 50.2 Å². The predicted molar refractivity (Wildman–Crippen MR) is 87.9 cm³/mol. The highest BCUT2D eigenvalue weighted by molar-refractivity contribution is 5.55. The van der Waals surface area contributed by atoms with E-state index in [1.54, 1.807) is 0 Å². The summed E-state index contributed by atoms with van der Waals surface area (Å²) in [6.45, 7) is 6.44. The molecule has 116 valence electrons. The maximum absolute atomic E-state index is 5.31. The number of benzene rings is 1. The van der Waals surface area contributed by atoms with Gasteiger partial charge >= 0.3 is 0 Å². The molecule has 0 unspecified atom stereocenters. The number of aryl methyl sites for hydroxylation is 1. The van der Waals surface area contributed by atoms with Crippen LogP contribution in [0.5, 0.6) is 0 Å². The zero-order valence-corrected chi connectivity index (χ0v) is 13.4. The van der Waals surface area contributed by atoms with E-state index in [2.05, 4.69) is 35.3 Å². The van der Waals surface area contributed by atoms with E-state index >= 15 is 0 Å². The summed E-state index contributed by atoms with van der Waals surface area (Å²) < 4.78 is 5.31. The van der Waals surface area contributed by atoms with Crippen LogP contribution in [-0.4, -0.2) is 32.8 Å². The summed E-state index contributed by atoms with van der Waals surface area (Å²) >= 11 is 0. The van der Waals surface area contributed by atoms with Gasteiger partial charge in [0.05, 0.1) is 0 Å². The highest BCUT2D eigenvalue weighted by atomic mass is 16.5. The van der Waals surface area contributed by atoms with E-state index in [0.717, 1.165) is 38.2 Å². The maximum Gasteiger partial charge on any atom is 0.0491 e. The van der Waals surface area contributed by atoms with Crippen molar-refractivity contribution >= 4 is 5.69 Å². The molecular formula is C18H28N2O. The first kappa shape index (κ1) is 14.9. The molecule has 2 fully saturated rings. The summed E-state index contributed by atoms with van der Waals surface area (Å²) in [6.07, 6.45) is 5.20. The average molecular weight is 288 g/mol. The lowest BCUT2D eigenvalue weighted by Crippen LogP contribution is -2.36. The van der Waals surface area contributed by atoms with Crippen LogP contribution in [0.15, 0.2) is 18.2 Å². The molecule has 1 aliphatic carbocycles. The summed E-state index contributed by atoms with van der Waals surface area (Å²) in [5, 5.41) is 3.66. The maximum atomic E-state index is 5.31. The van der Waals surface area contributed by atoms with Gasteiger partial charge in [-0.3, -0.25) is 0 Å². The molecule has 1 N–H and O–H groups in total. The Hall–Kier alpha value is -1.06. The van der Waals surface area contributed by atoms with E-state index in [-0.39, 0.29) is 0 Å². The minimum absolute atomic E-state index is 0.740. The third kappa shape index (κ3) is 3.98. The molecule has 21 heavy (non-hydrogen) atoms. The first-order valence-electron chi connectivity index (χ1n) is 8.33. The molecule has 1 aromatic rings. The van der Waals surface area contributed by atoms with Crippen molar-refractivity contribution < 1.29 is 4.74 Å². The van der Waals surface area contributed by atoms with Gasteiger partial charge in [0.15, 0.2) is 0 Å². The van der Waals surface area contributed by atoms with Crippen molar-refractivity contribution in [2.75, 3.05) is 31.7 Å². The predicted octanol–water partition coefficient (Wildman–Crippen LogP) is 3.11. The lowest BCUT2D eigenvalue weighted by Gasteiger charge is -2.34. The highest BCUT2D eigenvalue weighted by Crippen LogP contribution is 2.28. The molecular weight excluding hydrogens is 260 g/mol. The largest absolute Gasteiger partial charge is 0.384 e. The molecule has 0 amide bonds. The Morgan fingerprint density at radius 1 is 1.19 bits per heavy atom. The van der Waals surface area contributed by atoms with Gasteiger partial charge in [0, 0.05) is 45.1 Å². The van der Waals surface area contributed by atoms with E-state index in [4.69, 9.17) is 4.74 Å². The van der Waals surface area contributed by atoms with Crippen LogP contribution in [0.4, 0.5) is 5.69 Å². The smallest absolute Gasteiger partial charge is 0.0491 e. The quantitative estimate of drug-likeness (QED) is 0.870. The van der Waals surface area contributed by atoms with Gasteiger partial charge in [0.2, 0.25) is 0 Å². The second-order valence-electron chi connectivity index (χ2n) is 6.67. The molecule has 2 aliphatic rings. The lowest BCUT2D eigenvalue weighted by atomic mass is 9.96. The van der Waals surface area contributed by atoms with Crippen molar-refractivity contribution in [2.24, 2.45) is 5.92 Å².